The van der Waals surface area contributed by atoms with Crippen molar-refractivity contribution in [1.29, 1.82) is 0 Å². The molecule has 0 saturated carbocycles. The maximum atomic E-state index is 12.8. The van der Waals surface area contributed by atoms with Gasteiger partial charge in [-0.15, -0.1) is 18.2 Å². The van der Waals surface area contributed by atoms with Crippen LogP contribution in [0.15, 0.2) is 23.1 Å². The zero-order chi connectivity index (χ0) is 19.1. The summed E-state index contributed by atoms with van der Waals surface area (Å²) in [6.45, 7) is 0.0217. The molecule has 0 bridgehead atoms. The van der Waals surface area contributed by atoms with Crippen LogP contribution in [0.3, 0.4) is 0 Å². The molecule has 1 saturated heterocycles. The maximum Gasteiger partial charge on any atom is 0.392 e. The Balaban J connectivity index is 1.94. The van der Waals surface area contributed by atoms with Crippen LogP contribution in [-0.4, -0.2) is 36.2 Å². The average Bonchev–Trinajstić information content (AvgIpc) is 2.56. The van der Waals surface area contributed by atoms with Crippen molar-refractivity contribution in [3.05, 3.63) is 18.2 Å². The van der Waals surface area contributed by atoms with Gasteiger partial charge in [0.1, 0.15) is 0 Å². The Bertz CT molecular complexity index is 814. The summed E-state index contributed by atoms with van der Waals surface area (Å²) in [4.78, 5) is 39.3. The quantitative estimate of drug-likeness (QED) is 0.583. The summed E-state index contributed by atoms with van der Waals surface area (Å²) >= 11 is 1.29. The molecule has 3 amide bonds. The van der Waals surface area contributed by atoms with E-state index in [0.717, 1.165) is 9.80 Å². The number of anilines is 2. The highest BCUT2D eigenvalue weighted by Gasteiger charge is 2.47. The smallest absolute Gasteiger partial charge is 0.299 e. The van der Waals surface area contributed by atoms with Gasteiger partial charge in [-0.25, -0.2) is 0 Å². The fraction of sp³-hybridized carbons (Fsp3) is 0.353. The number of fused-ring (bicyclic) bond motifs is 1. The van der Waals surface area contributed by atoms with E-state index in [-0.39, 0.29) is 23.9 Å². The second-order valence-electron chi connectivity index (χ2n) is 5.89. The Labute approximate surface area is 151 Å². The summed E-state index contributed by atoms with van der Waals surface area (Å²) < 4.78 is 38.5. The van der Waals surface area contributed by atoms with Gasteiger partial charge in [-0.3, -0.25) is 24.2 Å². The number of benzene rings is 1. The SMILES string of the molecule is C#CCN1C(=O)CSc2ccc(N3C(=O)CC(C(F)(F)F)CC3=O)cc21. The van der Waals surface area contributed by atoms with Crippen molar-refractivity contribution in [3.8, 4) is 12.3 Å². The summed E-state index contributed by atoms with van der Waals surface area (Å²) in [5.74, 6) is -1.43. The van der Waals surface area contributed by atoms with Crippen molar-refractivity contribution in [2.45, 2.75) is 23.9 Å². The molecule has 0 spiro atoms. The van der Waals surface area contributed by atoms with Crippen LogP contribution in [0.4, 0.5) is 24.5 Å². The third kappa shape index (κ3) is 3.29. The molecule has 2 aliphatic heterocycles. The highest BCUT2D eigenvalue weighted by Crippen LogP contribution is 2.40. The number of rotatable bonds is 2. The first-order valence-electron chi connectivity index (χ1n) is 7.65. The van der Waals surface area contributed by atoms with Crippen molar-refractivity contribution in [2.24, 2.45) is 5.92 Å². The van der Waals surface area contributed by atoms with Gasteiger partial charge in [-0.1, -0.05) is 5.92 Å². The Kier molecular flexibility index (Phi) is 4.71. The summed E-state index contributed by atoms with van der Waals surface area (Å²) in [7, 11) is 0. The molecule has 0 N–H and O–H groups in total. The molecule has 1 aromatic carbocycles. The molecule has 5 nitrogen and oxygen atoms in total. The topological polar surface area (TPSA) is 57.7 Å². The zero-order valence-electron chi connectivity index (χ0n) is 13.4. The number of carbonyl (C=O) groups is 3. The van der Waals surface area contributed by atoms with Crippen LogP contribution in [0.5, 0.6) is 0 Å². The highest BCUT2D eigenvalue weighted by atomic mass is 32.2. The van der Waals surface area contributed by atoms with Crippen LogP contribution in [0.1, 0.15) is 12.8 Å². The summed E-state index contributed by atoms with van der Waals surface area (Å²) in [6, 6.07) is 4.56. The molecule has 0 unspecified atom stereocenters. The molecule has 136 valence electrons. The van der Waals surface area contributed by atoms with Gasteiger partial charge >= 0.3 is 6.18 Å². The number of amides is 3. The van der Waals surface area contributed by atoms with Crippen LogP contribution in [-0.2, 0) is 14.4 Å². The van der Waals surface area contributed by atoms with Gasteiger partial charge < -0.3 is 0 Å². The number of terminal acetylenes is 1. The van der Waals surface area contributed by atoms with Crippen LogP contribution in [0.25, 0.3) is 0 Å². The minimum absolute atomic E-state index is 0.0217. The third-order valence-electron chi connectivity index (χ3n) is 4.20. The number of nitrogens with zero attached hydrogens (tertiary/aromatic N) is 2. The van der Waals surface area contributed by atoms with E-state index in [1.165, 1.54) is 28.8 Å². The van der Waals surface area contributed by atoms with E-state index in [4.69, 9.17) is 6.42 Å². The van der Waals surface area contributed by atoms with Crippen molar-refractivity contribution < 1.29 is 27.6 Å². The number of carbonyl (C=O) groups excluding carboxylic acids is 3. The predicted molar refractivity (Wildman–Crippen MR) is 89.6 cm³/mol. The third-order valence-corrected chi connectivity index (χ3v) is 5.24. The van der Waals surface area contributed by atoms with Gasteiger partial charge in [-0.05, 0) is 18.2 Å². The normalized spacial score (nSPS) is 18.8. The van der Waals surface area contributed by atoms with Crippen molar-refractivity contribution in [3.63, 3.8) is 0 Å². The molecule has 1 fully saturated rings. The van der Waals surface area contributed by atoms with E-state index >= 15 is 0 Å². The van der Waals surface area contributed by atoms with E-state index in [0.29, 0.717) is 5.69 Å². The Morgan fingerprint density at radius 3 is 2.38 bits per heavy atom. The minimum Gasteiger partial charge on any atom is -0.299 e. The lowest BCUT2D eigenvalue weighted by atomic mass is 9.94. The molecule has 3 rings (SSSR count). The van der Waals surface area contributed by atoms with Crippen molar-refractivity contribution >= 4 is 40.9 Å². The Morgan fingerprint density at radius 2 is 1.81 bits per heavy atom. The first-order chi connectivity index (χ1) is 12.2. The van der Waals surface area contributed by atoms with Crippen LogP contribution in [0.2, 0.25) is 0 Å². The molecule has 2 heterocycles. The van der Waals surface area contributed by atoms with Gasteiger partial charge in [0.25, 0.3) is 0 Å². The number of piperidine rings is 1. The zero-order valence-corrected chi connectivity index (χ0v) is 14.2. The van der Waals surface area contributed by atoms with Crippen LogP contribution >= 0.6 is 11.8 Å². The molecule has 0 radical (unpaired) electrons. The van der Waals surface area contributed by atoms with Gasteiger partial charge in [0.05, 0.1) is 29.6 Å². The van der Waals surface area contributed by atoms with E-state index in [1.54, 1.807) is 6.07 Å². The molecule has 9 heteroatoms. The second-order valence-corrected chi connectivity index (χ2v) is 6.91. The fourth-order valence-electron chi connectivity index (χ4n) is 2.93. The number of halogens is 3. The molecule has 0 atom stereocenters. The first kappa shape index (κ1) is 18.3. The molecule has 0 aliphatic carbocycles. The molecular weight excluding hydrogens is 369 g/mol. The lowest BCUT2D eigenvalue weighted by Gasteiger charge is -2.33. The summed E-state index contributed by atoms with van der Waals surface area (Å²) in [5, 5.41) is 0. The molecule has 0 aromatic heterocycles. The monoisotopic (exact) mass is 382 g/mol. The average molecular weight is 382 g/mol. The first-order valence-corrected chi connectivity index (χ1v) is 8.64. The number of thioether (sulfide) groups is 1. The number of alkyl halides is 3. The van der Waals surface area contributed by atoms with E-state index in [2.05, 4.69) is 5.92 Å². The molecular formula is C17H13F3N2O3S. The Hall–Kier alpha value is -2.47. The van der Waals surface area contributed by atoms with Gasteiger partial charge in [0.15, 0.2) is 0 Å². The lowest BCUT2D eigenvalue weighted by Crippen LogP contribution is -2.47. The van der Waals surface area contributed by atoms with Gasteiger partial charge in [-0.2, -0.15) is 13.2 Å². The number of imide groups is 1. The summed E-state index contributed by atoms with van der Waals surface area (Å²) in [5.41, 5.74) is 0.581. The molecule has 2 aliphatic rings. The van der Waals surface area contributed by atoms with Crippen molar-refractivity contribution in [1.82, 2.24) is 0 Å². The standard InChI is InChI=1S/C17H13F3N2O3S/c1-2-5-21-12-8-11(3-4-13(12)26-9-16(21)25)22-14(23)6-10(7-15(22)24)17(18,19)20/h1,3-4,8,10H,5-7,9H2. The van der Waals surface area contributed by atoms with Crippen LogP contribution in [0, 0.1) is 18.3 Å². The predicted octanol–water partition coefficient (Wildman–Crippen LogP) is 2.59. The van der Waals surface area contributed by atoms with Gasteiger partial charge in [0, 0.05) is 17.7 Å². The summed E-state index contributed by atoms with van der Waals surface area (Å²) in [6.07, 6.45) is -0.881. The molecule has 26 heavy (non-hydrogen) atoms. The second kappa shape index (κ2) is 6.68. The maximum absolute atomic E-state index is 12.8. The lowest BCUT2D eigenvalue weighted by molar-refractivity contribution is -0.185. The van der Waals surface area contributed by atoms with Gasteiger partial charge in [0.2, 0.25) is 17.7 Å². The van der Waals surface area contributed by atoms with E-state index < -0.39 is 36.8 Å². The number of hydrogen-bond donors (Lipinski definition) is 0. The van der Waals surface area contributed by atoms with E-state index in [9.17, 15) is 27.6 Å². The fourth-order valence-corrected chi connectivity index (χ4v) is 3.85. The Morgan fingerprint density at radius 1 is 1.15 bits per heavy atom. The number of hydrogen-bond acceptors (Lipinski definition) is 4. The van der Waals surface area contributed by atoms with Crippen molar-refractivity contribution in [2.75, 3.05) is 22.1 Å². The minimum atomic E-state index is -4.60. The molecule has 1 aromatic rings. The highest BCUT2D eigenvalue weighted by molar-refractivity contribution is 8.00. The van der Waals surface area contributed by atoms with E-state index in [1.807, 2.05) is 0 Å². The van der Waals surface area contributed by atoms with Crippen LogP contribution < -0.4 is 9.80 Å². The largest absolute Gasteiger partial charge is 0.392 e.